The number of amides is 1. The lowest BCUT2D eigenvalue weighted by Crippen LogP contribution is -2.62. The molecule has 7 nitrogen and oxygen atoms in total. The van der Waals surface area contributed by atoms with Gasteiger partial charge >= 0.3 is 11.8 Å². The van der Waals surface area contributed by atoms with E-state index in [1.54, 1.807) is 9.47 Å². The largest absolute Gasteiger partial charge is 0.465 e. The number of aryl methyl sites for hydroxylation is 1. The first-order valence-corrected chi connectivity index (χ1v) is 10.6. The predicted molar refractivity (Wildman–Crippen MR) is 113 cm³/mol. The molecule has 1 unspecified atom stereocenters. The van der Waals surface area contributed by atoms with Gasteiger partial charge in [-0.1, -0.05) is 32.9 Å². The average molecular weight is 401 g/mol. The summed E-state index contributed by atoms with van der Waals surface area (Å²) in [5.41, 5.74) is 3.01. The van der Waals surface area contributed by atoms with Crippen LogP contribution in [0.2, 0.25) is 0 Å². The van der Waals surface area contributed by atoms with Crippen LogP contribution < -0.4 is 5.69 Å². The Balaban J connectivity index is 1.41. The number of hydrogen-bond donors (Lipinski definition) is 2. The van der Waals surface area contributed by atoms with Gasteiger partial charge in [0.15, 0.2) is 0 Å². The van der Waals surface area contributed by atoms with E-state index < -0.39 is 6.09 Å². The molecule has 2 aromatic rings. The van der Waals surface area contributed by atoms with E-state index >= 15 is 0 Å². The molecule has 158 valence electrons. The monoisotopic (exact) mass is 400 g/mol. The Morgan fingerprint density at radius 1 is 1.24 bits per heavy atom. The number of aromatic nitrogens is 2. The van der Waals surface area contributed by atoms with Crippen molar-refractivity contribution in [1.29, 1.82) is 0 Å². The van der Waals surface area contributed by atoms with Crippen molar-refractivity contribution in [2.75, 3.05) is 19.6 Å². The third kappa shape index (κ3) is 3.68. The van der Waals surface area contributed by atoms with Gasteiger partial charge in [-0.2, -0.15) is 0 Å². The summed E-state index contributed by atoms with van der Waals surface area (Å²) in [5, 5.41) is 9.57. The fraction of sp³-hybridized carbons (Fsp3) is 0.636. The number of H-pyrrole nitrogens is 1. The summed E-state index contributed by atoms with van der Waals surface area (Å²) in [4.78, 5) is 30.6. The number of nitrogens with one attached hydrogen (secondary N) is 1. The fourth-order valence-electron chi connectivity index (χ4n) is 5.14. The molecule has 1 aromatic heterocycles. The molecule has 0 spiro atoms. The minimum absolute atomic E-state index is 0.0240. The molecular formula is C22H32N4O3. The van der Waals surface area contributed by atoms with E-state index in [2.05, 4.69) is 36.7 Å². The molecule has 0 radical (unpaired) electrons. The Morgan fingerprint density at radius 2 is 1.97 bits per heavy atom. The van der Waals surface area contributed by atoms with Crippen LogP contribution in [0.5, 0.6) is 0 Å². The lowest BCUT2D eigenvalue weighted by molar-refractivity contribution is -0.0215. The highest BCUT2D eigenvalue weighted by atomic mass is 16.4. The van der Waals surface area contributed by atoms with Crippen molar-refractivity contribution in [3.63, 3.8) is 0 Å². The molecule has 1 saturated heterocycles. The van der Waals surface area contributed by atoms with Crippen molar-refractivity contribution in [2.45, 2.75) is 52.1 Å². The first-order chi connectivity index (χ1) is 13.6. The fourth-order valence-corrected chi connectivity index (χ4v) is 5.14. The highest BCUT2D eigenvalue weighted by Gasteiger charge is 2.42. The summed E-state index contributed by atoms with van der Waals surface area (Å²) in [7, 11) is 1.82. The van der Waals surface area contributed by atoms with Gasteiger partial charge in [-0.15, -0.1) is 0 Å². The maximum Gasteiger partial charge on any atom is 0.407 e. The molecular weight excluding hydrogens is 368 g/mol. The second kappa shape index (κ2) is 7.20. The summed E-state index contributed by atoms with van der Waals surface area (Å²) in [6.07, 6.45) is 2.45. The van der Waals surface area contributed by atoms with E-state index in [0.717, 1.165) is 43.4 Å². The van der Waals surface area contributed by atoms with Gasteiger partial charge in [0.05, 0.1) is 17.1 Å². The number of imidazole rings is 1. The second-order valence-electron chi connectivity index (χ2n) is 9.85. The van der Waals surface area contributed by atoms with Gasteiger partial charge in [0.2, 0.25) is 0 Å². The third-order valence-electron chi connectivity index (χ3n) is 6.89. The molecule has 1 aromatic carbocycles. The molecule has 29 heavy (non-hydrogen) atoms. The Bertz CT molecular complexity index is 965. The third-order valence-corrected chi connectivity index (χ3v) is 6.89. The molecule has 2 aliphatic rings. The molecule has 1 aliphatic carbocycles. The van der Waals surface area contributed by atoms with Gasteiger partial charge in [-0.05, 0) is 42.2 Å². The quantitative estimate of drug-likeness (QED) is 0.830. The first-order valence-electron chi connectivity index (χ1n) is 10.6. The second-order valence-corrected chi connectivity index (χ2v) is 9.85. The smallest absolute Gasteiger partial charge is 0.407 e. The van der Waals surface area contributed by atoms with Crippen LogP contribution in [-0.2, 0) is 13.5 Å². The van der Waals surface area contributed by atoms with Crippen molar-refractivity contribution in [2.24, 2.45) is 18.4 Å². The Kier molecular flexibility index (Phi) is 4.97. The van der Waals surface area contributed by atoms with Crippen molar-refractivity contribution >= 4 is 17.1 Å². The van der Waals surface area contributed by atoms with Gasteiger partial charge in [0.1, 0.15) is 0 Å². The maximum absolute atomic E-state index is 12.0. The topological polar surface area (TPSA) is 81.6 Å². The summed E-state index contributed by atoms with van der Waals surface area (Å²) >= 11 is 0. The highest BCUT2D eigenvalue weighted by molar-refractivity contribution is 5.79. The van der Waals surface area contributed by atoms with E-state index in [4.69, 9.17) is 0 Å². The zero-order chi connectivity index (χ0) is 20.9. The number of nitrogens with zero attached hydrogens (tertiary/aromatic N) is 3. The molecule has 2 heterocycles. The molecule has 2 N–H and O–H groups in total. The van der Waals surface area contributed by atoms with Crippen LogP contribution in [0.3, 0.4) is 0 Å². The van der Waals surface area contributed by atoms with Crippen molar-refractivity contribution in [3.8, 4) is 0 Å². The average Bonchev–Trinajstić information content (AvgIpc) is 2.91. The van der Waals surface area contributed by atoms with E-state index in [1.807, 2.05) is 19.2 Å². The van der Waals surface area contributed by atoms with Crippen LogP contribution in [0.4, 0.5) is 4.79 Å². The predicted octanol–water partition coefficient (Wildman–Crippen LogP) is 2.90. The van der Waals surface area contributed by atoms with Gasteiger partial charge in [0.25, 0.3) is 0 Å². The van der Waals surface area contributed by atoms with Crippen LogP contribution in [0, 0.1) is 11.3 Å². The van der Waals surface area contributed by atoms with Crippen LogP contribution in [0.15, 0.2) is 23.0 Å². The summed E-state index contributed by atoms with van der Waals surface area (Å²) in [6.45, 7) is 8.60. The lowest BCUT2D eigenvalue weighted by atomic mass is 9.74. The molecule has 1 saturated carbocycles. The first kappa shape index (κ1) is 20.0. The van der Waals surface area contributed by atoms with Crippen molar-refractivity contribution in [3.05, 3.63) is 34.2 Å². The summed E-state index contributed by atoms with van der Waals surface area (Å²) in [5.74, 6) is 0.612. The lowest BCUT2D eigenvalue weighted by Gasteiger charge is -2.51. The minimum Gasteiger partial charge on any atom is -0.465 e. The Morgan fingerprint density at radius 3 is 2.62 bits per heavy atom. The number of carbonyl (C=O) groups is 1. The molecule has 1 aliphatic heterocycles. The Hall–Kier alpha value is -2.28. The number of rotatable bonds is 3. The van der Waals surface area contributed by atoms with Crippen LogP contribution in [0.25, 0.3) is 11.0 Å². The van der Waals surface area contributed by atoms with Crippen LogP contribution >= 0.6 is 0 Å². The Labute approximate surface area is 171 Å². The number of para-hydroxylation sites is 1. The van der Waals surface area contributed by atoms with Crippen LogP contribution in [0.1, 0.15) is 39.2 Å². The number of aromatic amines is 1. The molecule has 1 atom stereocenters. The van der Waals surface area contributed by atoms with Gasteiger partial charge < -0.3 is 15.0 Å². The molecule has 4 rings (SSSR count). The molecule has 7 heteroatoms. The number of carboxylic acid groups (broad SMARTS) is 1. The number of fused-ring (bicyclic) bond motifs is 1. The zero-order valence-electron chi connectivity index (χ0n) is 17.8. The van der Waals surface area contributed by atoms with Crippen LogP contribution in [-0.4, -0.2) is 62.3 Å². The van der Waals surface area contributed by atoms with E-state index in [9.17, 15) is 14.7 Å². The molecule has 1 amide bonds. The summed E-state index contributed by atoms with van der Waals surface area (Å²) < 4.78 is 1.71. The van der Waals surface area contributed by atoms with E-state index in [1.165, 1.54) is 5.56 Å². The van der Waals surface area contributed by atoms with E-state index in [0.29, 0.717) is 18.5 Å². The minimum atomic E-state index is -0.804. The molecule has 0 bridgehead atoms. The maximum atomic E-state index is 12.0. The van der Waals surface area contributed by atoms with Crippen molar-refractivity contribution < 1.29 is 9.90 Å². The number of hydrogen-bond acceptors (Lipinski definition) is 3. The zero-order valence-corrected chi connectivity index (χ0v) is 17.8. The van der Waals surface area contributed by atoms with Gasteiger partial charge in [-0.3, -0.25) is 9.47 Å². The van der Waals surface area contributed by atoms with Crippen molar-refractivity contribution in [1.82, 2.24) is 19.4 Å². The van der Waals surface area contributed by atoms with Gasteiger partial charge in [-0.25, -0.2) is 9.59 Å². The van der Waals surface area contributed by atoms with Gasteiger partial charge in [0, 0.05) is 32.7 Å². The standard InChI is InChI=1S/C22H32N4O3/c1-22(2,3)18-13-25(8-9-26(18)21(28)29)16-11-14(12-16)10-15-6-5-7-17-19(15)24(4)20(27)23-17/h5-7,14,16,18H,8-13H2,1-4H3,(H,23,27)(H,28,29). The number of piperazine rings is 1. The molecule has 2 fully saturated rings. The summed E-state index contributed by atoms with van der Waals surface area (Å²) in [6, 6.07) is 6.66. The number of benzene rings is 1. The SMILES string of the molecule is Cn1c(=O)[nH]c2cccc(CC3CC(N4CCN(C(=O)O)C(C(C)(C)C)C4)C3)c21. The van der Waals surface area contributed by atoms with E-state index in [-0.39, 0.29) is 17.1 Å². The highest BCUT2D eigenvalue weighted by Crippen LogP contribution is 2.38. The normalized spacial score (nSPS) is 25.9.